The summed E-state index contributed by atoms with van der Waals surface area (Å²) in [5.74, 6) is -0.532. The van der Waals surface area contributed by atoms with Crippen LogP contribution in [0, 0.1) is 11.6 Å². The van der Waals surface area contributed by atoms with Crippen LogP contribution in [0.4, 0.5) is 14.5 Å². The van der Waals surface area contributed by atoms with E-state index in [1.54, 1.807) is 19.2 Å². The number of rotatable bonds is 6. The van der Waals surface area contributed by atoms with E-state index >= 15 is 0 Å². The molecule has 0 saturated carbocycles. The maximum absolute atomic E-state index is 13.2. The lowest BCUT2D eigenvalue weighted by Crippen LogP contribution is -2.42. The van der Waals surface area contributed by atoms with E-state index < -0.39 is 5.82 Å². The Balaban J connectivity index is 1.46. The Hall–Kier alpha value is -3.42. The number of amides is 1. The molecular formula is C20H21F2N5O. The topological polar surface area (TPSA) is 81.3 Å². The third kappa shape index (κ3) is 5.06. The number of fused-ring (bicyclic) bond motifs is 1. The molecule has 0 fully saturated rings. The third-order valence-electron chi connectivity index (χ3n) is 4.16. The number of guanidine groups is 1. The van der Waals surface area contributed by atoms with E-state index in [2.05, 4.69) is 25.9 Å². The summed E-state index contributed by atoms with van der Waals surface area (Å²) in [6, 6.07) is 10.3. The van der Waals surface area contributed by atoms with Crippen LogP contribution in [0.3, 0.4) is 0 Å². The SMILES string of the molecule is CN=C(NCCc1c[nH]c2cc(F)ccc12)NCC(=O)Nc1cccc(F)c1. The number of aromatic amines is 1. The molecule has 0 saturated heterocycles. The van der Waals surface area contributed by atoms with Crippen molar-refractivity contribution in [1.82, 2.24) is 15.6 Å². The molecule has 0 bridgehead atoms. The molecular weight excluding hydrogens is 364 g/mol. The van der Waals surface area contributed by atoms with Gasteiger partial charge in [-0.15, -0.1) is 0 Å². The zero-order chi connectivity index (χ0) is 19.9. The lowest BCUT2D eigenvalue weighted by molar-refractivity contribution is -0.115. The molecule has 8 heteroatoms. The summed E-state index contributed by atoms with van der Waals surface area (Å²) < 4.78 is 26.4. The van der Waals surface area contributed by atoms with E-state index in [1.807, 2.05) is 6.20 Å². The molecule has 3 rings (SSSR count). The number of aliphatic imine (C=N–C) groups is 1. The molecule has 0 spiro atoms. The van der Waals surface area contributed by atoms with Gasteiger partial charge in [-0.1, -0.05) is 6.07 Å². The van der Waals surface area contributed by atoms with Gasteiger partial charge in [0, 0.05) is 36.4 Å². The maximum atomic E-state index is 13.2. The van der Waals surface area contributed by atoms with Crippen LogP contribution in [-0.2, 0) is 11.2 Å². The van der Waals surface area contributed by atoms with Gasteiger partial charge in [0.2, 0.25) is 5.91 Å². The maximum Gasteiger partial charge on any atom is 0.243 e. The summed E-state index contributed by atoms with van der Waals surface area (Å²) in [6.45, 7) is 0.568. The van der Waals surface area contributed by atoms with Crippen LogP contribution in [0.1, 0.15) is 5.56 Å². The molecule has 0 unspecified atom stereocenters. The molecule has 2 aromatic carbocycles. The zero-order valence-corrected chi connectivity index (χ0v) is 15.4. The van der Waals surface area contributed by atoms with Gasteiger partial charge in [0.25, 0.3) is 0 Å². The second-order valence-electron chi connectivity index (χ2n) is 6.16. The van der Waals surface area contributed by atoms with E-state index in [1.165, 1.54) is 30.3 Å². The Bertz CT molecular complexity index is 999. The lowest BCUT2D eigenvalue weighted by atomic mass is 10.1. The van der Waals surface area contributed by atoms with Crippen LogP contribution < -0.4 is 16.0 Å². The minimum atomic E-state index is -0.414. The molecule has 6 nitrogen and oxygen atoms in total. The van der Waals surface area contributed by atoms with Crippen molar-refractivity contribution in [3.05, 3.63) is 65.9 Å². The van der Waals surface area contributed by atoms with Crippen LogP contribution in [0.25, 0.3) is 10.9 Å². The number of carbonyl (C=O) groups excluding carboxylic acids is 1. The molecule has 0 atom stereocenters. The van der Waals surface area contributed by atoms with Gasteiger partial charge in [0.15, 0.2) is 5.96 Å². The average Bonchev–Trinajstić information content (AvgIpc) is 3.06. The van der Waals surface area contributed by atoms with Crippen LogP contribution in [0.15, 0.2) is 53.7 Å². The largest absolute Gasteiger partial charge is 0.361 e. The first-order valence-corrected chi connectivity index (χ1v) is 8.80. The van der Waals surface area contributed by atoms with E-state index in [-0.39, 0.29) is 18.3 Å². The third-order valence-corrected chi connectivity index (χ3v) is 4.16. The minimum absolute atomic E-state index is 0.0114. The Morgan fingerprint density at radius 2 is 1.93 bits per heavy atom. The number of carbonyl (C=O) groups is 1. The fourth-order valence-electron chi connectivity index (χ4n) is 2.84. The molecule has 146 valence electrons. The number of nitrogens with zero attached hydrogens (tertiary/aromatic N) is 1. The number of anilines is 1. The number of hydrogen-bond donors (Lipinski definition) is 4. The molecule has 0 radical (unpaired) electrons. The van der Waals surface area contributed by atoms with Gasteiger partial charge in [0.05, 0.1) is 6.54 Å². The molecule has 3 aromatic rings. The Morgan fingerprint density at radius 3 is 2.71 bits per heavy atom. The Labute approximate surface area is 161 Å². The van der Waals surface area contributed by atoms with Crippen molar-refractivity contribution in [3.63, 3.8) is 0 Å². The molecule has 0 aliphatic heterocycles. The second kappa shape index (κ2) is 8.98. The van der Waals surface area contributed by atoms with Crippen LogP contribution in [0.2, 0.25) is 0 Å². The molecule has 1 heterocycles. The second-order valence-corrected chi connectivity index (χ2v) is 6.16. The van der Waals surface area contributed by atoms with E-state index in [4.69, 9.17) is 0 Å². The van der Waals surface area contributed by atoms with E-state index in [0.29, 0.717) is 24.6 Å². The summed E-state index contributed by atoms with van der Waals surface area (Å²) in [4.78, 5) is 19.1. The molecule has 0 aliphatic rings. The summed E-state index contributed by atoms with van der Waals surface area (Å²) in [6.07, 6.45) is 2.55. The normalized spacial score (nSPS) is 11.5. The number of hydrogen-bond acceptors (Lipinski definition) is 2. The number of aromatic nitrogens is 1. The first-order valence-electron chi connectivity index (χ1n) is 8.80. The van der Waals surface area contributed by atoms with Crippen molar-refractivity contribution in [2.75, 3.05) is 25.5 Å². The summed E-state index contributed by atoms with van der Waals surface area (Å²) in [7, 11) is 1.61. The number of nitrogens with one attached hydrogen (secondary N) is 4. The van der Waals surface area contributed by atoms with E-state index in [0.717, 1.165) is 16.5 Å². The summed E-state index contributed by atoms with van der Waals surface area (Å²) >= 11 is 0. The first-order chi connectivity index (χ1) is 13.5. The van der Waals surface area contributed by atoms with Gasteiger partial charge < -0.3 is 20.9 Å². The monoisotopic (exact) mass is 385 g/mol. The highest BCUT2D eigenvalue weighted by Gasteiger charge is 2.07. The fourth-order valence-corrected chi connectivity index (χ4v) is 2.84. The van der Waals surface area contributed by atoms with Crippen molar-refractivity contribution in [1.29, 1.82) is 0 Å². The van der Waals surface area contributed by atoms with Gasteiger partial charge in [-0.3, -0.25) is 9.79 Å². The number of benzene rings is 2. The first kappa shape index (κ1) is 19.3. The highest BCUT2D eigenvalue weighted by atomic mass is 19.1. The van der Waals surface area contributed by atoms with E-state index in [9.17, 15) is 13.6 Å². The van der Waals surface area contributed by atoms with Crippen molar-refractivity contribution in [2.24, 2.45) is 4.99 Å². The Kier molecular flexibility index (Phi) is 6.21. The van der Waals surface area contributed by atoms with Gasteiger partial charge in [-0.2, -0.15) is 0 Å². The van der Waals surface area contributed by atoms with Gasteiger partial charge in [-0.05, 0) is 48.4 Å². The summed E-state index contributed by atoms with van der Waals surface area (Å²) in [5.41, 5.74) is 2.21. The molecule has 4 N–H and O–H groups in total. The van der Waals surface area contributed by atoms with Crippen LogP contribution >= 0.6 is 0 Å². The molecule has 0 aliphatic carbocycles. The molecule has 1 aromatic heterocycles. The van der Waals surface area contributed by atoms with Gasteiger partial charge in [0.1, 0.15) is 11.6 Å². The standard InChI is InChI=1S/C20H21F2N5O/c1-23-20(26-12-19(28)27-16-4-2-3-14(21)9-16)24-8-7-13-11-25-18-10-15(22)5-6-17(13)18/h2-6,9-11,25H,7-8,12H2,1H3,(H,27,28)(H2,23,24,26). The zero-order valence-electron chi connectivity index (χ0n) is 15.4. The predicted molar refractivity (Wildman–Crippen MR) is 106 cm³/mol. The minimum Gasteiger partial charge on any atom is -0.361 e. The molecule has 1 amide bonds. The average molecular weight is 385 g/mol. The van der Waals surface area contributed by atoms with Crippen molar-refractivity contribution < 1.29 is 13.6 Å². The lowest BCUT2D eigenvalue weighted by Gasteiger charge is -2.12. The van der Waals surface area contributed by atoms with Crippen molar-refractivity contribution in [3.8, 4) is 0 Å². The smallest absolute Gasteiger partial charge is 0.243 e. The Morgan fingerprint density at radius 1 is 1.11 bits per heavy atom. The quantitative estimate of drug-likeness (QED) is 0.389. The highest BCUT2D eigenvalue weighted by Crippen LogP contribution is 2.19. The van der Waals surface area contributed by atoms with Crippen molar-refractivity contribution in [2.45, 2.75) is 6.42 Å². The van der Waals surface area contributed by atoms with Gasteiger partial charge >= 0.3 is 0 Å². The van der Waals surface area contributed by atoms with Gasteiger partial charge in [-0.25, -0.2) is 8.78 Å². The van der Waals surface area contributed by atoms with Crippen molar-refractivity contribution >= 4 is 28.5 Å². The summed E-state index contributed by atoms with van der Waals surface area (Å²) in [5, 5.41) is 9.61. The van der Waals surface area contributed by atoms with Crippen LogP contribution in [-0.4, -0.2) is 37.0 Å². The predicted octanol–water partition coefficient (Wildman–Crippen LogP) is 2.79. The number of halogens is 2. The number of H-pyrrole nitrogens is 1. The molecule has 28 heavy (non-hydrogen) atoms. The van der Waals surface area contributed by atoms with Crippen LogP contribution in [0.5, 0.6) is 0 Å². The highest BCUT2D eigenvalue weighted by molar-refractivity contribution is 5.95. The fraction of sp³-hybridized carbons (Fsp3) is 0.200.